The standard InChI is InChI=1S/C25H27N3/c1-2-3-4-10-20-17-18-25(26,23-15-8-7-13-21(20)23)28-27-24-16-9-12-19-11-5-6-14-22(19)24/h5-9,11-17H,2-4,10,18,26H2,1H3. The molecule has 3 aromatic rings. The topological polar surface area (TPSA) is 50.7 Å². The van der Waals surface area contributed by atoms with Crippen LogP contribution in [0.25, 0.3) is 16.3 Å². The van der Waals surface area contributed by atoms with E-state index >= 15 is 0 Å². The summed E-state index contributed by atoms with van der Waals surface area (Å²) in [5.41, 5.74) is 10.5. The molecule has 1 aliphatic rings. The average Bonchev–Trinajstić information content (AvgIpc) is 2.74. The second kappa shape index (κ2) is 8.07. The molecule has 0 bridgehead atoms. The highest BCUT2D eigenvalue weighted by molar-refractivity contribution is 5.92. The quantitative estimate of drug-likeness (QED) is 0.365. The first kappa shape index (κ1) is 18.6. The molecule has 3 nitrogen and oxygen atoms in total. The fourth-order valence-electron chi connectivity index (χ4n) is 3.97. The van der Waals surface area contributed by atoms with E-state index in [-0.39, 0.29) is 0 Å². The predicted octanol–water partition coefficient (Wildman–Crippen LogP) is 7.10. The largest absolute Gasteiger partial charge is 0.302 e. The normalized spacial score (nSPS) is 19.0. The lowest BCUT2D eigenvalue weighted by molar-refractivity contribution is 0.445. The molecular weight excluding hydrogens is 342 g/mol. The van der Waals surface area contributed by atoms with Gasteiger partial charge in [-0.25, -0.2) is 0 Å². The van der Waals surface area contributed by atoms with Crippen LogP contribution in [0.15, 0.2) is 83.0 Å². The Hall–Kier alpha value is -2.78. The van der Waals surface area contributed by atoms with Gasteiger partial charge in [0.05, 0.1) is 5.69 Å². The Bertz CT molecular complexity index is 1030. The third kappa shape index (κ3) is 3.63. The second-order valence-electron chi connectivity index (χ2n) is 7.56. The van der Waals surface area contributed by atoms with Crippen LogP contribution >= 0.6 is 0 Å². The Labute approximate surface area is 167 Å². The zero-order valence-electron chi connectivity index (χ0n) is 16.4. The molecule has 0 heterocycles. The number of benzene rings is 3. The SMILES string of the molecule is CCCCCC1=CCC(N)(N=Nc2cccc3ccccc23)c2ccccc21. The van der Waals surface area contributed by atoms with Crippen molar-refractivity contribution in [1.82, 2.24) is 0 Å². The van der Waals surface area contributed by atoms with Crippen LogP contribution in [0.4, 0.5) is 5.69 Å². The molecular formula is C25H27N3. The van der Waals surface area contributed by atoms with E-state index in [1.165, 1.54) is 30.4 Å². The number of nitrogens with zero attached hydrogens (tertiary/aromatic N) is 2. The Morgan fingerprint density at radius 2 is 1.71 bits per heavy atom. The molecule has 28 heavy (non-hydrogen) atoms. The van der Waals surface area contributed by atoms with Gasteiger partial charge in [0.25, 0.3) is 0 Å². The van der Waals surface area contributed by atoms with Crippen molar-refractivity contribution < 1.29 is 0 Å². The molecule has 0 saturated heterocycles. The smallest absolute Gasteiger partial charge is 0.159 e. The fourth-order valence-corrected chi connectivity index (χ4v) is 3.97. The highest BCUT2D eigenvalue weighted by atomic mass is 15.2. The van der Waals surface area contributed by atoms with Gasteiger partial charge in [0.15, 0.2) is 5.66 Å². The Kier molecular flexibility index (Phi) is 5.36. The lowest BCUT2D eigenvalue weighted by atomic mass is 9.82. The van der Waals surface area contributed by atoms with Crippen LogP contribution in [-0.2, 0) is 5.66 Å². The van der Waals surface area contributed by atoms with E-state index in [0.717, 1.165) is 28.4 Å². The molecule has 2 N–H and O–H groups in total. The first-order valence-electron chi connectivity index (χ1n) is 10.2. The summed E-state index contributed by atoms with van der Waals surface area (Å²) in [6.07, 6.45) is 7.75. The lowest BCUT2D eigenvalue weighted by Crippen LogP contribution is -2.36. The molecule has 1 aliphatic carbocycles. The van der Waals surface area contributed by atoms with Crippen LogP contribution in [0.5, 0.6) is 0 Å². The van der Waals surface area contributed by atoms with E-state index in [9.17, 15) is 0 Å². The van der Waals surface area contributed by atoms with E-state index in [1.54, 1.807) is 0 Å². The molecule has 0 saturated carbocycles. The second-order valence-corrected chi connectivity index (χ2v) is 7.56. The van der Waals surface area contributed by atoms with Crippen molar-refractivity contribution in [1.29, 1.82) is 0 Å². The number of azo groups is 1. The van der Waals surface area contributed by atoms with Crippen LogP contribution in [0.3, 0.4) is 0 Å². The lowest BCUT2D eigenvalue weighted by Gasteiger charge is -2.31. The van der Waals surface area contributed by atoms with E-state index in [4.69, 9.17) is 5.73 Å². The number of hydrogen-bond donors (Lipinski definition) is 1. The Balaban J connectivity index is 1.67. The number of allylic oxidation sites excluding steroid dienone is 1. The molecule has 0 fully saturated rings. The summed E-state index contributed by atoms with van der Waals surface area (Å²) in [6.45, 7) is 2.24. The third-order valence-electron chi connectivity index (χ3n) is 5.55. The van der Waals surface area contributed by atoms with Crippen molar-refractivity contribution in [2.24, 2.45) is 16.0 Å². The molecule has 142 valence electrons. The molecule has 3 aromatic carbocycles. The van der Waals surface area contributed by atoms with Gasteiger partial charge in [-0.15, -0.1) is 0 Å². The van der Waals surface area contributed by atoms with Gasteiger partial charge in [0.1, 0.15) is 0 Å². The van der Waals surface area contributed by atoms with Crippen molar-refractivity contribution in [3.63, 3.8) is 0 Å². The Morgan fingerprint density at radius 1 is 0.929 bits per heavy atom. The average molecular weight is 370 g/mol. The zero-order chi connectivity index (χ0) is 19.4. The highest BCUT2D eigenvalue weighted by Gasteiger charge is 2.33. The number of unbranched alkanes of at least 4 members (excludes halogenated alkanes) is 2. The predicted molar refractivity (Wildman–Crippen MR) is 118 cm³/mol. The van der Waals surface area contributed by atoms with Gasteiger partial charge >= 0.3 is 0 Å². The van der Waals surface area contributed by atoms with Crippen molar-refractivity contribution in [2.75, 3.05) is 0 Å². The van der Waals surface area contributed by atoms with E-state index in [1.807, 2.05) is 30.3 Å². The van der Waals surface area contributed by atoms with Gasteiger partial charge in [0.2, 0.25) is 0 Å². The van der Waals surface area contributed by atoms with Gasteiger partial charge < -0.3 is 5.73 Å². The van der Waals surface area contributed by atoms with E-state index in [0.29, 0.717) is 6.42 Å². The maximum absolute atomic E-state index is 6.77. The molecule has 0 aliphatic heterocycles. The van der Waals surface area contributed by atoms with Crippen LogP contribution in [0.2, 0.25) is 0 Å². The molecule has 1 atom stereocenters. The zero-order valence-corrected chi connectivity index (χ0v) is 16.4. The first-order valence-corrected chi connectivity index (χ1v) is 10.2. The fraction of sp³-hybridized carbons (Fsp3) is 0.280. The number of fused-ring (bicyclic) bond motifs is 2. The monoisotopic (exact) mass is 369 g/mol. The van der Waals surface area contributed by atoms with Crippen molar-refractivity contribution >= 4 is 22.0 Å². The van der Waals surface area contributed by atoms with Gasteiger partial charge in [0, 0.05) is 17.4 Å². The van der Waals surface area contributed by atoms with Crippen molar-refractivity contribution in [3.8, 4) is 0 Å². The Morgan fingerprint density at radius 3 is 2.61 bits per heavy atom. The summed E-state index contributed by atoms with van der Waals surface area (Å²) < 4.78 is 0. The number of hydrogen-bond acceptors (Lipinski definition) is 3. The summed E-state index contributed by atoms with van der Waals surface area (Å²) in [6, 6.07) is 22.7. The molecule has 3 heteroatoms. The summed E-state index contributed by atoms with van der Waals surface area (Å²) in [5.74, 6) is 0. The van der Waals surface area contributed by atoms with Gasteiger partial charge in [-0.1, -0.05) is 86.5 Å². The minimum Gasteiger partial charge on any atom is -0.302 e. The maximum atomic E-state index is 6.77. The van der Waals surface area contributed by atoms with Crippen LogP contribution in [0, 0.1) is 0 Å². The summed E-state index contributed by atoms with van der Waals surface area (Å²) in [4.78, 5) is 0. The van der Waals surface area contributed by atoms with Crippen LogP contribution in [-0.4, -0.2) is 0 Å². The van der Waals surface area contributed by atoms with E-state index in [2.05, 4.69) is 59.6 Å². The molecule has 0 amide bonds. The molecule has 4 rings (SSSR count). The van der Waals surface area contributed by atoms with Crippen molar-refractivity contribution in [2.45, 2.75) is 44.7 Å². The molecule has 0 aromatic heterocycles. The minimum absolute atomic E-state index is 0.680. The van der Waals surface area contributed by atoms with Gasteiger partial charge in [-0.05, 0) is 35.4 Å². The van der Waals surface area contributed by atoms with Crippen molar-refractivity contribution in [3.05, 3.63) is 83.9 Å². The minimum atomic E-state index is -0.818. The molecule has 0 spiro atoms. The van der Waals surface area contributed by atoms with Crippen LogP contribution < -0.4 is 5.73 Å². The molecule has 1 unspecified atom stereocenters. The summed E-state index contributed by atoms with van der Waals surface area (Å²) in [7, 11) is 0. The molecule has 0 radical (unpaired) electrons. The van der Waals surface area contributed by atoms with Crippen LogP contribution in [0.1, 0.15) is 50.2 Å². The summed E-state index contributed by atoms with van der Waals surface area (Å²) >= 11 is 0. The first-order chi connectivity index (χ1) is 13.7. The van der Waals surface area contributed by atoms with E-state index < -0.39 is 5.66 Å². The number of rotatable bonds is 6. The highest BCUT2D eigenvalue weighted by Crippen LogP contribution is 2.40. The third-order valence-corrected chi connectivity index (χ3v) is 5.55. The maximum Gasteiger partial charge on any atom is 0.159 e. The summed E-state index contributed by atoms with van der Waals surface area (Å²) in [5, 5.41) is 11.5. The van der Waals surface area contributed by atoms with Gasteiger partial charge in [-0.3, -0.25) is 0 Å². The number of nitrogens with two attached hydrogens (primary N) is 1. The van der Waals surface area contributed by atoms with Gasteiger partial charge in [-0.2, -0.15) is 10.2 Å².